The van der Waals surface area contributed by atoms with Crippen LogP contribution < -0.4 is 10.1 Å². The minimum atomic E-state index is 0.160. The number of hydrogen-bond acceptors (Lipinski definition) is 3. The van der Waals surface area contributed by atoms with Crippen LogP contribution in [0.2, 0.25) is 5.02 Å². The number of rotatable bonds is 7. The summed E-state index contributed by atoms with van der Waals surface area (Å²) in [5.41, 5.74) is 2.15. The van der Waals surface area contributed by atoms with Crippen LogP contribution in [0.3, 0.4) is 0 Å². The fourth-order valence-corrected chi connectivity index (χ4v) is 2.16. The van der Waals surface area contributed by atoms with E-state index >= 15 is 0 Å². The van der Waals surface area contributed by atoms with Crippen molar-refractivity contribution in [1.82, 2.24) is 5.32 Å². The molecule has 3 nitrogen and oxygen atoms in total. The SMILES string of the molecule is CNC(C)c1cc(Cl)ccc1OCOCc1ccccc1. The lowest BCUT2D eigenvalue weighted by Crippen LogP contribution is -2.14. The third-order valence-corrected chi connectivity index (χ3v) is 3.52. The van der Waals surface area contributed by atoms with E-state index in [1.54, 1.807) is 0 Å². The first-order chi connectivity index (χ1) is 10.2. The van der Waals surface area contributed by atoms with Gasteiger partial charge in [-0.1, -0.05) is 41.9 Å². The summed E-state index contributed by atoms with van der Waals surface area (Å²) in [4.78, 5) is 0. The van der Waals surface area contributed by atoms with Gasteiger partial charge in [0.2, 0.25) is 0 Å². The number of benzene rings is 2. The van der Waals surface area contributed by atoms with E-state index in [1.807, 2.05) is 55.6 Å². The van der Waals surface area contributed by atoms with Crippen LogP contribution in [0.1, 0.15) is 24.1 Å². The van der Waals surface area contributed by atoms with Crippen LogP contribution in [-0.4, -0.2) is 13.8 Å². The van der Waals surface area contributed by atoms with Crippen LogP contribution in [0.4, 0.5) is 0 Å². The topological polar surface area (TPSA) is 30.5 Å². The van der Waals surface area contributed by atoms with Gasteiger partial charge in [0.1, 0.15) is 5.75 Å². The monoisotopic (exact) mass is 305 g/mol. The molecule has 4 heteroatoms. The van der Waals surface area contributed by atoms with Crippen molar-refractivity contribution in [3.63, 3.8) is 0 Å². The van der Waals surface area contributed by atoms with E-state index in [9.17, 15) is 0 Å². The number of hydrogen-bond donors (Lipinski definition) is 1. The van der Waals surface area contributed by atoms with Crippen molar-refractivity contribution in [3.8, 4) is 5.75 Å². The van der Waals surface area contributed by atoms with Gasteiger partial charge in [0.15, 0.2) is 6.79 Å². The van der Waals surface area contributed by atoms with Crippen molar-refractivity contribution in [3.05, 3.63) is 64.7 Å². The van der Waals surface area contributed by atoms with Crippen LogP contribution in [0.15, 0.2) is 48.5 Å². The molecule has 1 unspecified atom stereocenters. The van der Waals surface area contributed by atoms with Crippen LogP contribution in [0.5, 0.6) is 5.75 Å². The largest absolute Gasteiger partial charge is 0.467 e. The second-order valence-corrected chi connectivity index (χ2v) is 5.23. The maximum atomic E-state index is 6.04. The summed E-state index contributed by atoms with van der Waals surface area (Å²) in [6.07, 6.45) is 0. The molecule has 112 valence electrons. The molecule has 1 atom stereocenters. The second kappa shape index (κ2) is 8.03. The zero-order chi connectivity index (χ0) is 15.1. The summed E-state index contributed by atoms with van der Waals surface area (Å²) in [5.74, 6) is 0.786. The van der Waals surface area contributed by atoms with E-state index in [-0.39, 0.29) is 12.8 Å². The van der Waals surface area contributed by atoms with Crippen molar-refractivity contribution < 1.29 is 9.47 Å². The molecule has 2 aromatic carbocycles. The van der Waals surface area contributed by atoms with Crippen molar-refractivity contribution in [2.24, 2.45) is 0 Å². The highest BCUT2D eigenvalue weighted by Crippen LogP contribution is 2.28. The fourth-order valence-electron chi connectivity index (χ4n) is 1.98. The first-order valence-corrected chi connectivity index (χ1v) is 7.29. The Morgan fingerprint density at radius 2 is 1.90 bits per heavy atom. The fraction of sp³-hybridized carbons (Fsp3) is 0.294. The predicted octanol–water partition coefficient (Wildman–Crippen LogP) is 4.17. The van der Waals surface area contributed by atoms with Gasteiger partial charge in [-0.25, -0.2) is 0 Å². The molecular formula is C17H20ClNO2. The third kappa shape index (κ3) is 4.74. The molecule has 2 rings (SSSR count). The molecule has 2 aromatic rings. The van der Waals surface area contributed by atoms with Crippen LogP contribution in [0, 0.1) is 0 Å². The van der Waals surface area contributed by atoms with E-state index in [0.29, 0.717) is 11.6 Å². The van der Waals surface area contributed by atoms with Gasteiger partial charge in [0.05, 0.1) is 6.61 Å². The lowest BCUT2D eigenvalue weighted by Gasteiger charge is -2.17. The van der Waals surface area contributed by atoms with Gasteiger partial charge in [-0.15, -0.1) is 0 Å². The summed E-state index contributed by atoms with van der Waals surface area (Å²) in [5, 5.41) is 3.88. The lowest BCUT2D eigenvalue weighted by atomic mass is 10.1. The van der Waals surface area contributed by atoms with Gasteiger partial charge in [-0.2, -0.15) is 0 Å². The van der Waals surface area contributed by atoms with Crippen LogP contribution >= 0.6 is 11.6 Å². The molecule has 0 saturated carbocycles. The molecule has 0 radical (unpaired) electrons. The van der Waals surface area contributed by atoms with E-state index in [0.717, 1.165) is 16.9 Å². The smallest absolute Gasteiger partial charge is 0.189 e. The summed E-state index contributed by atoms with van der Waals surface area (Å²) >= 11 is 6.04. The number of nitrogens with one attached hydrogen (secondary N) is 1. The summed E-state index contributed by atoms with van der Waals surface area (Å²) < 4.78 is 11.3. The molecule has 0 saturated heterocycles. The van der Waals surface area contributed by atoms with Gasteiger partial charge in [0.25, 0.3) is 0 Å². The predicted molar refractivity (Wildman–Crippen MR) is 85.7 cm³/mol. The molecule has 0 amide bonds. The molecule has 0 aliphatic rings. The van der Waals surface area contributed by atoms with E-state index in [2.05, 4.69) is 12.2 Å². The van der Waals surface area contributed by atoms with E-state index in [1.165, 1.54) is 0 Å². The van der Waals surface area contributed by atoms with E-state index in [4.69, 9.17) is 21.1 Å². The normalized spacial score (nSPS) is 12.1. The Labute approximate surface area is 130 Å². The van der Waals surface area contributed by atoms with Gasteiger partial charge >= 0.3 is 0 Å². The average Bonchev–Trinajstić information content (AvgIpc) is 2.53. The highest BCUT2D eigenvalue weighted by Gasteiger charge is 2.10. The summed E-state index contributed by atoms with van der Waals surface area (Å²) in [6.45, 7) is 2.80. The standard InChI is InChI=1S/C17H20ClNO2/c1-13(19-2)16-10-15(18)8-9-17(16)21-12-20-11-14-6-4-3-5-7-14/h3-10,13,19H,11-12H2,1-2H3. The van der Waals surface area contributed by atoms with Crippen LogP contribution in [-0.2, 0) is 11.3 Å². The Morgan fingerprint density at radius 3 is 2.62 bits per heavy atom. The van der Waals surface area contributed by atoms with Crippen LogP contribution in [0.25, 0.3) is 0 Å². The Bertz CT molecular complexity index is 560. The molecule has 0 aromatic heterocycles. The first kappa shape index (κ1) is 15.8. The lowest BCUT2D eigenvalue weighted by molar-refractivity contribution is 0.00434. The minimum absolute atomic E-state index is 0.160. The van der Waals surface area contributed by atoms with Crippen molar-refractivity contribution in [2.75, 3.05) is 13.8 Å². The third-order valence-electron chi connectivity index (χ3n) is 3.28. The molecule has 1 N–H and O–H groups in total. The summed E-state index contributed by atoms with van der Waals surface area (Å²) in [6, 6.07) is 15.8. The average molecular weight is 306 g/mol. The molecule has 0 aliphatic heterocycles. The molecule has 21 heavy (non-hydrogen) atoms. The highest BCUT2D eigenvalue weighted by atomic mass is 35.5. The molecule has 0 bridgehead atoms. The maximum Gasteiger partial charge on any atom is 0.189 e. The Hall–Kier alpha value is -1.55. The number of ether oxygens (including phenoxy) is 2. The minimum Gasteiger partial charge on any atom is -0.467 e. The molecular weight excluding hydrogens is 286 g/mol. The Kier molecular flexibility index (Phi) is 6.05. The zero-order valence-electron chi connectivity index (χ0n) is 12.3. The van der Waals surface area contributed by atoms with Crippen molar-refractivity contribution >= 4 is 11.6 Å². The van der Waals surface area contributed by atoms with Gasteiger partial charge in [0, 0.05) is 16.6 Å². The quantitative estimate of drug-likeness (QED) is 0.615. The van der Waals surface area contributed by atoms with Crippen molar-refractivity contribution in [2.45, 2.75) is 19.6 Å². The maximum absolute atomic E-state index is 6.04. The molecule has 0 spiro atoms. The zero-order valence-corrected chi connectivity index (χ0v) is 13.1. The Balaban J connectivity index is 1.91. The summed E-state index contributed by atoms with van der Waals surface area (Å²) in [7, 11) is 1.90. The van der Waals surface area contributed by atoms with Crippen molar-refractivity contribution in [1.29, 1.82) is 0 Å². The molecule has 0 aliphatic carbocycles. The first-order valence-electron chi connectivity index (χ1n) is 6.92. The molecule has 0 fully saturated rings. The highest BCUT2D eigenvalue weighted by molar-refractivity contribution is 6.30. The van der Waals surface area contributed by atoms with Gasteiger partial charge < -0.3 is 14.8 Å². The van der Waals surface area contributed by atoms with E-state index < -0.39 is 0 Å². The molecule has 0 heterocycles. The van der Waals surface area contributed by atoms with Gasteiger partial charge in [-0.3, -0.25) is 0 Å². The Morgan fingerprint density at radius 1 is 1.14 bits per heavy atom. The number of halogens is 1. The van der Waals surface area contributed by atoms with Gasteiger partial charge in [-0.05, 0) is 37.7 Å². The second-order valence-electron chi connectivity index (χ2n) is 4.79.